The molecule has 1 amide bonds. The van der Waals surface area contributed by atoms with Gasteiger partial charge in [-0.1, -0.05) is 12.1 Å². The summed E-state index contributed by atoms with van der Waals surface area (Å²) in [6.07, 6.45) is 8.37. The predicted molar refractivity (Wildman–Crippen MR) is 118 cm³/mol. The van der Waals surface area contributed by atoms with Gasteiger partial charge in [-0.25, -0.2) is 4.98 Å². The molecule has 2 aliphatic rings. The smallest absolute Gasteiger partial charge is 0.306 e. The summed E-state index contributed by atoms with van der Waals surface area (Å²) >= 11 is 0. The lowest BCUT2D eigenvalue weighted by atomic mass is 9.80. The fourth-order valence-electron chi connectivity index (χ4n) is 5.12. The van der Waals surface area contributed by atoms with E-state index >= 15 is 0 Å². The normalized spacial score (nSPS) is 26.5. The van der Waals surface area contributed by atoms with Crippen LogP contribution in [-0.2, 0) is 16.1 Å². The molecule has 7 nitrogen and oxygen atoms in total. The molecule has 2 N–H and O–H groups in total. The maximum Gasteiger partial charge on any atom is 0.306 e. The molecule has 4 rings (SSSR count). The summed E-state index contributed by atoms with van der Waals surface area (Å²) in [6.45, 7) is 1.31. The SMILES string of the molecule is O=C(O)C1CCC(CNC(=O)C2CCC(Cn3cnc4ccccc4c3=O)CC2)CC1. The summed E-state index contributed by atoms with van der Waals surface area (Å²) in [5.74, 6) is 0.0362. The van der Waals surface area contributed by atoms with Gasteiger partial charge in [-0.15, -0.1) is 0 Å². The number of aliphatic carboxylic acids is 1. The Bertz CT molecular complexity index is 986. The van der Waals surface area contributed by atoms with Gasteiger partial charge in [-0.05, 0) is 75.3 Å². The van der Waals surface area contributed by atoms with Crippen LogP contribution in [0.25, 0.3) is 10.9 Å². The highest BCUT2D eigenvalue weighted by Gasteiger charge is 2.29. The number of amides is 1. The van der Waals surface area contributed by atoms with E-state index in [2.05, 4.69) is 10.3 Å². The topological polar surface area (TPSA) is 101 Å². The van der Waals surface area contributed by atoms with Gasteiger partial charge in [0, 0.05) is 19.0 Å². The van der Waals surface area contributed by atoms with Crippen LogP contribution < -0.4 is 10.9 Å². The highest BCUT2D eigenvalue weighted by molar-refractivity contribution is 5.78. The second-order valence-corrected chi connectivity index (χ2v) is 9.24. The van der Waals surface area contributed by atoms with E-state index in [-0.39, 0.29) is 23.3 Å². The number of carbonyl (C=O) groups is 2. The summed E-state index contributed by atoms with van der Waals surface area (Å²) < 4.78 is 1.71. The van der Waals surface area contributed by atoms with E-state index in [1.165, 1.54) is 0 Å². The van der Waals surface area contributed by atoms with Crippen LogP contribution in [0.1, 0.15) is 51.4 Å². The Balaban J connectivity index is 1.23. The summed E-state index contributed by atoms with van der Waals surface area (Å²) in [5, 5.41) is 12.9. The Morgan fingerprint density at radius 3 is 2.32 bits per heavy atom. The first-order valence-electron chi connectivity index (χ1n) is 11.5. The third kappa shape index (κ3) is 5.14. The molecule has 7 heteroatoms. The molecule has 0 spiro atoms. The molecule has 2 aliphatic carbocycles. The number of hydrogen-bond donors (Lipinski definition) is 2. The Kier molecular flexibility index (Phi) is 6.68. The van der Waals surface area contributed by atoms with Crippen molar-refractivity contribution in [3.05, 3.63) is 40.9 Å². The van der Waals surface area contributed by atoms with Gasteiger partial charge in [0.2, 0.25) is 5.91 Å². The van der Waals surface area contributed by atoms with Crippen molar-refractivity contribution in [3.8, 4) is 0 Å². The first-order valence-corrected chi connectivity index (χ1v) is 11.5. The highest BCUT2D eigenvalue weighted by Crippen LogP contribution is 2.31. The number of carbonyl (C=O) groups excluding carboxylic acids is 1. The number of carboxylic acid groups (broad SMARTS) is 1. The molecule has 0 unspecified atom stereocenters. The molecule has 0 aliphatic heterocycles. The number of aromatic nitrogens is 2. The minimum absolute atomic E-state index is 0.00286. The van der Waals surface area contributed by atoms with Crippen LogP contribution in [0, 0.1) is 23.7 Å². The van der Waals surface area contributed by atoms with Gasteiger partial charge >= 0.3 is 5.97 Å². The molecule has 1 aromatic heterocycles. The minimum atomic E-state index is -0.694. The first kappa shape index (κ1) is 21.5. The maximum absolute atomic E-state index is 12.7. The summed E-state index contributed by atoms with van der Waals surface area (Å²) in [4.78, 5) is 40.8. The molecule has 1 heterocycles. The van der Waals surface area contributed by atoms with Crippen LogP contribution in [0.4, 0.5) is 0 Å². The summed E-state index contributed by atoms with van der Waals surface area (Å²) in [5.41, 5.74) is 0.726. The lowest BCUT2D eigenvalue weighted by Crippen LogP contribution is -2.38. The first-order chi connectivity index (χ1) is 15.0. The molecule has 0 bridgehead atoms. The fourth-order valence-corrected chi connectivity index (χ4v) is 5.12. The van der Waals surface area contributed by atoms with Crippen molar-refractivity contribution in [2.24, 2.45) is 23.7 Å². The maximum atomic E-state index is 12.7. The van der Waals surface area contributed by atoms with E-state index < -0.39 is 5.97 Å². The van der Waals surface area contributed by atoms with Gasteiger partial charge in [0.15, 0.2) is 0 Å². The number of benzene rings is 1. The third-order valence-corrected chi connectivity index (χ3v) is 7.16. The van der Waals surface area contributed by atoms with E-state index in [4.69, 9.17) is 5.11 Å². The zero-order valence-corrected chi connectivity index (χ0v) is 17.8. The number of nitrogens with zero attached hydrogens (tertiary/aromatic N) is 2. The summed E-state index contributed by atoms with van der Waals surface area (Å²) in [7, 11) is 0. The number of hydrogen-bond acceptors (Lipinski definition) is 4. The summed E-state index contributed by atoms with van der Waals surface area (Å²) in [6, 6.07) is 7.41. The predicted octanol–water partition coefficient (Wildman–Crippen LogP) is 3.21. The second kappa shape index (κ2) is 9.62. The highest BCUT2D eigenvalue weighted by atomic mass is 16.4. The fraction of sp³-hybridized carbons (Fsp3) is 0.583. The largest absolute Gasteiger partial charge is 0.481 e. The second-order valence-electron chi connectivity index (χ2n) is 9.24. The molecule has 2 fully saturated rings. The molecule has 31 heavy (non-hydrogen) atoms. The minimum Gasteiger partial charge on any atom is -0.481 e. The van der Waals surface area contributed by atoms with Gasteiger partial charge in [-0.2, -0.15) is 0 Å². The zero-order chi connectivity index (χ0) is 21.8. The van der Waals surface area contributed by atoms with E-state index in [1.807, 2.05) is 24.3 Å². The number of para-hydroxylation sites is 1. The lowest BCUT2D eigenvalue weighted by molar-refractivity contribution is -0.143. The molecule has 0 atom stereocenters. The van der Waals surface area contributed by atoms with Gasteiger partial charge in [0.1, 0.15) is 0 Å². The molecule has 0 saturated heterocycles. The van der Waals surface area contributed by atoms with Crippen LogP contribution in [0.15, 0.2) is 35.4 Å². The zero-order valence-electron chi connectivity index (χ0n) is 17.8. The van der Waals surface area contributed by atoms with Crippen molar-refractivity contribution in [1.29, 1.82) is 0 Å². The van der Waals surface area contributed by atoms with E-state index in [0.29, 0.717) is 43.2 Å². The number of fused-ring (bicyclic) bond motifs is 1. The van der Waals surface area contributed by atoms with Crippen LogP contribution >= 0.6 is 0 Å². The van der Waals surface area contributed by atoms with E-state index in [1.54, 1.807) is 10.9 Å². The number of rotatable bonds is 6. The number of nitrogens with one attached hydrogen (secondary N) is 1. The lowest BCUT2D eigenvalue weighted by Gasteiger charge is -2.30. The van der Waals surface area contributed by atoms with Crippen molar-refractivity contribution >= 4 is 22.8 Å². The Morgan fingerprint density at radius 2 is 1.61 bits per heavy atom. The van der Waals surface area contributed by atoms with E-state index in [0.717, 1.165) is 44.0 Å². The van der Waals surface area contributed by atoms with Crippen LogP contribution in [0.3, 0.4) is 0 Å². The Morgan fingerprint density at radius 1 is 0.968 bits per heavy atom. The van der Waals surface area contributed by atoms with Crippen molar-refractivity contribution in [3.63, 3.8) is 0 Å². The van der Waals surface area contributed by atoms with Crippen molar-refractivity contribution < 1.29 is 14.7 Å². The molecular formula is C24H31N3O4. The Hall–Kier alpha value is -2.70. The standard InChI is InChI=1S/C24H31N3O4/c28-22(25-13-16-5-11-19(12-6-16)24(30)31)18-9-7-17(8-10-18)14-27-15-26-21-4-2-1-3-20(21)23(27)29/h1-4,15-19H,5-14H2,(H,25,28)(H,30,31). The average Bonchev–Trinajstić information content (AvgIpc) is 2.80. The molecule has 166 valence electrons. The van der Waals surface area contributed by atoms with Gasteiger partial charge in [0.25, 0.3) is 5.56 Å². The Labute approximate surface area is 181 Å². The van der Waals surface area contributed by atoms with Crippen molar-refractivity contribution in [2.45, 2.75) is 57.9 Å². The van der Waals surface area contributed by atoms with Crippen molar-refractivity contribution in [2.75, 3.05) is 6.54 Å². The molecule has 2 aromatic rings. The van der Waals surface area contributed by atoms with E-state index in [9.17, 15) is 14.4 Å². The molecule has 1 aromatic carbocycles. The van der Waals surface area contributed by atoms with Crippen LogP contribution in [0.5, 0.6) is 0 Å². The van der Waals surface area contributed by atoms with Crippen LogP contribution in [-0.4, -0.2) is 33.1 Å². The van der Waals surface area contributed by atoms with Gasteiger partial charge in [-0.3, -0.25) is 19.0 Å². The average molecular weight is 426 g/mol. The monoisotopic (exact) mass is 425 g/mol. The molecular weight excluding hydrogens is 394 g/mol. The van der Waals surface area contributed by atoms with Crippen molar-refractivity contribution in [1.82, 2.24) is 14.9 Å². The molecule has 2 saturated carbocycles. The quantitative estimate of drug-likeness (QED) is 0.740. The van der Waals surface area contributed by atoms with Gasteiger partial charge in [0.05, 0.1) is 23.1 Å². The third-order valence-electron chi connectivity index (χ3n) is 7.16. The molecule has 0 radical (unpaired) electrons. The number of carboxylic acids is 1. The van der Waals surface area contributed by atoms with Crippen LogP contribution in [0.2, 0.25) is 0 Å². The van der Waals surface area contributed by atoms with Gasteiger partial charge < -0.3 is 10.4 Å².